The Hall–Kier alpha value is -6.29. The van der Waals surface area contributed by atoms with Crippen molar-refractivity contribution < 1.29 is 110 Å². The van der Waals surface area contributed by atoms with E-state index in [1.165, 1.54) is 6.42 Å². The van der Waals surface area contributed by atoms with Crippen molar-refractivity contribution in [3.8, 4) is 0 Å². The summed E-state index contributed by atoms with van der Waals surface area (Å²) < 4.78 is 72.8. The molecule has 0 saturated heterocycles. The van der Waals surface area contributed by atoms with Gasteiger partial charge in [0.15, 0.2) is 0 Å². The van der Waals surface area contributed by atoms with E-state index in [1.807, 2.05) is 48.5 Å². The zero-order chi connectivity index (χ0) is 98.3. The van der Waals surface area contributed by atoms with E-state index in [2.05, 4.69) is 41.2 Å². The van der Waals surface area contributed by atoms with Crippen LogP contribution in [0, 0.1) is 5.41 Å². The SMILES string of the molecule is C=C(CCC)OC(CCCCCC)CCC(CCCCCCCC(=O)OCC(COC(=O)CCCCCCCC(CCC(CCCCCC)OC(=O)CCC)OC(=O)CCC)(COC(=O)CCCCCCCC(CCC(CCCCCC)OC(=O)CCC)OC(=O)CCC)COC(=O)CCCCCCCC(CCC(CCCCCC)OC(=O)CCC)OC(=O)CCC)OC(=O)CCC. The van der Waals surface area contributed by atoms with Gasteiger partial charge in [-0.2, -0.15) is 0 Å². The third-order valence-corrected chi connectivity index (χ3v) is 24.7. The molecule has 0 aromatic rings. The molecule has 0 aliphatic rings. The fourth-order valence-corrected chi connectivity index (χ4v) is 16.7. The summed E-state index contributed by atoms with van der Waals surface area (Å²) in [5, 5.41) is 0. The first kappa shape index (κ1) is 127. The van der Waals surface area contributed by atoms with Crippen LogP contribution >= 0.6 is 0 Å². The molecule has 0 fully saturated rings. The second kappa shape index (κ2) is 89.6. The molecule has 0 aromatic heterocycles. The predicted molar refractivity (Wildman–Crippen MR) is 530 cm³/mol. The van der Waals surface area contributed by atoms with Crippen molar-refractivity contribution in [2.24, 2.45) is 5.41 Å². The average molecular weight is 1890 g/mol. The lowest BCUT2D eigenvalue weighted by Crippen LogP contribution is -2.44. The number of unbranched alkanes of at least 4 members (excludes halogenated alkanes) is 28. The summed E-state index contributed by atoms with van der Waals surface area (Å²) in [4.78, 5) is 146. The van der Waals surface area contributed by atoms with E-state index in [4.69, 9.17) is 56.8 Å². The molecule has 0 bridgehead atoms. The van der Waals surface area contributed by atoms with Gasteiger partial charge in [0.2, 0.25) is 0 Å². The number of ether oxygens (including phenoxy) is 12. The molecule has 0 radical (unpaired) electrons. The predicted octanol–water partition coefficient (Wildman–Crippen LogP) is 28.8. The minimum atomic E-state index is -1.49. The molecule has 776 valence electrons. The van der Waals surface area contributed by atoms with Crippen molar-refractivity contribution in [2.45, 2.75) is 594 Å². The first-order valence-electron chi connectivity index (χ1n) is 54.8. The van der Waals surface area contributed by atoms with Gasteiger partial charge in [0.05, 0.1) is 11.9 Å². The van der Waals surface area contributed by atoms with E-state index in [0.717, 1.165) is 230 Å². The smallest absolute Gasteiger partial charge is 0.306 e. The summed E-state index contributed by atoms with van der Waals surface area (Å²) in [5.74, 6) is -2.73. The van der Waals surface area contributed by atoms with Crippen LogP contribution in [0.15, 0.2) is 12.3 Å². The van der Waals surface area contributed by atoms with Gasteiger partial charge in [0.25, 0.3) is 0 Å². The van der Waals surface area contributed by atoms with Crippen molar-refractivity contribution in [3.63, 3.8) is 0 Å². The van der Waals surface area contributed by atoms with E-state index < -0.39 is 29.3 Å². The Morgan fingerprint density at radius 1 is 0.165 bits per heavy atom. The summed E-state index contributed by atoms with van der Waals surface area (Å²) in [7, 11) is 0. The number of carbonyl (C=O) groups is 11. The maximum absolute atomic E-state index is 14.0. The average Bonchev–Trinajstić information content (AvgIpc) is 0.849. The van der Waals surface area contributed by atoms with Gasteiger partial charge in [0.1, 0.15) is 74.6 Å². The van der Waals surface area contributed by atoms with Gasteiger partial charge >= 0.3 is 65.7 Å². The third kappa shape index (κ3) is 77.4. The lowest BCUT2D eigenvalue weighted by atomic mass is 9.92. The van der Waals surface area contributed by atoms with Crippen LogP contribution in [0.25, 0.3) is 0 Å². The molecule has 133 heavy (non-hydrogen) atoms. The van der Waals surface area contributed by atoms with Gasteiger partial charge in [-0.1, -0.05) is 244 Å². The number of hydrogen-bond donors (Lipinski definition) is 0. The van der Waals surface area contributed by atoms with Gasteiger partial charge in [-0.05, 0) is 231 Å². The number of hydrogen-bond acceptors (Lipinski definition) is 23. The van der Waals surface area contributed by atoms with Crippen LogP contribution in [-0.4, -0.2) is 141 Å². The zero-order valence-corrected chi connectivity index (χ0v) is 87.0. The Bertz CT molecular complexity index is 2530. The van der Waals surface area contributed by atoms with Crippen LogP contribution in [0.1, 0.15) is 545 Å². The number of allylic oxidation sites excluding steroid dienone is 1. The lowest BCUT2D eigenvalue weighted by molar-refractivity contribution is -0.171. The summed E-state index contributed by atoms with van der Waals surface area (Å²) in [6.07, 6.45) is 50.5. The lowest BCUT2D eigenvalue weighted by Gasteiger charge is -2.31. The molecule has 0 spiro atoms. The zero-order valence-electron chi connectivity index (χ0n) is 87.0. The van der Waals surface area contributed by atoms with E-state index in [9.17, 15) is 52.7 Å². The molecule has 0 aliphatic carbocycles. The largest absolute Gasteiger partial charge is 0.495 e. The number of rotatable bonds is 97. The van der Waals surface area contributed by atoms with Crippen molar-refractivity contribution in [1.82, 2.24) is 0 Å². The Labute approximate surface area is 809 Å². The van der Waals surface area contributed by atoms with Crippen molar-refractivity contribution in [1.29, 1.82) is 0 Å². The first-order chi connectivity index (χ1) is 64.4. The topological polar surface area (TPSA) is 299 Å². The minimum absolute atomic E-state index is 0.0132. The molecule has 23 heteroatoms. The quantitative estimate of drug-likeness (QED) is 0.0236. The fraction of sp³-hybridized carbons (Fsp3) is 0.882. The van der Waals surface area contributed by atoms with Crippen molar-refractivity contribution >= 4 is 65.7 Å². The second-order valence-electron chi connectivity index (χ2n) is 38.1. The van der Waals surface area contributed by atoms with Gasteiger partial charge < -0.3 is 56.8 Å². The van der Waals surface area contributed by atoms with Crippen LogP contribution in [0.3, 0.4) is 0 Å². The molecule has 0 amide bonds. The molecule has 0 rings (SSSR count). The summed E-state index contributed by atoms with van der Waals surface area (Å²) in [6, 6.07) is 0. The fourth-order valence-electron chi connectivity index (χ4n) is 16.7. The van der Waals surface area contributed by atoms with E-state index >= 15 is 0 Å². The van der Waals surface area contributed by atoms with Crippen LogP contribution in [0.2, 0.25) is 0 Å². The highest BCUT2D eigenvalue weighted by atomic mass is 16.6. The van der Waals surface area contributed by atoms with Gasteiger partial charge in [-0.3, -0.25) is 52.7 Å². The highest BCUT2D eigenvalue weighted by Gasteiger charge is 2.38. The molecule has 0 heterocycles. The van der Waals surface area contributed by atoms with Gasteiger partial charge in [-0.15, -0.1) is 0 Å². The normalized spacial score (nSPS) is 13.6. The molecule has 0 aliphatic heterocycles. The summed E-state index contributed by atoms with van der Waals surface area (Å²) in [5.41, 5.74) is -1.49. The summed E-state index contributed by atoms with van der Waals surface area (Å²) in [6.45, 7) is 27.2. The molecular weight excluding hydrogens is 1690 g/mol. The Balaban J connectivity index is 7.04. The highest BCUT2D eigenvalue weighted by molar-refractivity contribution is 5.73. The Kier molecular flexibility index (Phi) is 85.4. The molecule has 0 aromatic carbocycles. The molecule has 8 atom stereocenters. The van der Waals surface area contributed by atoms with E-state index in [1.54, 1.807) is 0 Å². The number of carbonyl (C=O) groups excluding carboxylic acids is 11. The van der Waals surface area contributed by atoms with Gasteiger partial charge in [-0.25, -0.2) is 0 Å². The summed E-state index contributed by atoms with van der Waals surface area (Å²) >= 11 is 0. The van der Waals surface area contributed by atoms with Crippen LogP contribution < -0.4 is 0 Å². The molecular formula is C110H198O23. The minimum Gasteiger partial charge on any atom is -0.495 e. The van der Waals surface area contributed by atoms with Gasteiger partial charge in [0, 0.05) is 77.0 Å². The number of esters is 11. The molecule has 0 saturated carbocycles. The van der Waals surface area contributed by atoms with E-state index in [-0.39, 0.29) is 143 Å². The first-order valence-corrected chi connectivity index (χ1v) is 54.8. The maximum Gasteiger partial charge on any atom is 0.306 e. The maximum atomic E-state index is 14.0. The molecule has 8 unspecified atom stereocenters. The van der Waals surface area contributed by atoms with Crippen LogP contribution in [0.5, 0.6) is 0 Å². The van der Waals surface area contributed by atoms with Crippen LogP contribution in [0.4, 0.5) is 0 Å². The molecule has 0 N–H and O–H groups in total. The van der Waals surface area contributed by atoms with E-state index in [0.29, 0.717) is 205 Å². The Morgan fingerprint density at radius 2 is 0.316 bits per heavy atom. The standard InChI is InChI=1S/C110H198O23/c1-14-26-30-46-66-91(126-90(13)58-18-5)78-79-95(130-106(118)62-22-9)70-50-38-34-42-54-74-99(111)122-86-110(87-123-100(112)75-55-43-35-39-51-71-96(131-107(119)63-23-10)83-80-92(67-47-31-27-15-2)127-103(115)59-19-6,88-124-101(113)76-56-44-36-40-52-72-97(132-108(120)64-24-11)84-81-93(68-48-32-28-16-3)128-104(116)60-20-7)89-125-102(114)77-57-45-37-41-53-73-98(133-109(121)65-25-12)85-82-94(69-49-33-29-17-4)129-105(117)61-21-8/h91-98H,13-89H2,1-12H3. The highest BCUT2D eigenvalue weighted by Crippen LogP contribution is 2.30. The third-order valence-electron chi connectivity index (χ3n) is 24.7. The molecule has 23 nitrogen and oxygen atoms in total. The monoisotopic (exact) mass is 1890 g/mol. The van der Waals surface area contributed by atoms with Crippen molar-refractivity contribution in [2.75, 3.05) is 26.4 Å². The second-order valence-corrected chi connectivity index (χ2v) is 38.1. The Morgan fingerprint density at radius 3 is 0.481 bits per heavy atom. The van der Waals surface area contributed by atoms with Crippen LogP contribution in [-0.2, 0) is 110 Å². The van der Waals surface area contributed by atoms with Crippen molar-refractivity contribution in [3.05, 3.63) is 12.3 Å².